The SMILES string of the molecule is CC(C)CCS(=O)Cc1ccc(CC(=O)O)cc1. The number of carboxylic acids is 1. The molecule has 100 valence electrons. The van der Waals surface area contributed by atoms with Crippen molar-refractivity contribution in [3.8, 4) is 0 Å². The van der Waals surface area contributed by atoms with Crippen molar-refractivity contribution in [2.24, 2.45) is 5.92 Å². The average molecular weight is 268 g/mol. The molecular formula is C14H20O3S. The third-order valence-electron chi connectivity index (χ3n) is 2.63. The number of hydrogen-bond donors (Lipinski definition) is 1. The minimum Gasteiger partial charge on any atom is -0.481 e. The summed E-state index contributed by atoms with van der Waals surface area (Å²) in [5.74, 6) is 1.03. The lowest BCUT2D eigenvalue weighted by Gasteiger charge is -2.05. The fourth-order valence-corrected chi connectivity index (χ4v) is 3.00. The molecule has 0 amide bonds. The van der Waals surface area contributed by atoms with Crippen molar-refractivity contribution in [2.75, 3.05) is 5.75 Å². The number of hydrogen-bond acceptors (Lipinski definition) is 2. The van der Waals surface area contributed by atoms with E-state index in [-0.39, 0.29) is 6.42 Å². The molecule has 4 heteroatoms. The molecule has 1 aromatic rings. The van der Waals surface area contributed by atoms with Crippen LogP contribution in [0, 0.1) is 5.92 Å². The van der Waals surface area contributed by atoms with E-state index in [2.05, 4.69) is 13.8 Å². The highest BCUT2D eigenvalue weighted by Crippen LogP contribution is 2.09. The van der Waals surface area contributed by atoms with Crippen LogP contribution in [0.2, 0.25) is 0 Å². The third kappa shape index (κ3) is 5.96. The maximum atomic E-state index is 11.8. The van der Waals surface area contributed by atoms with Crippen LogP contribution in [0.5, 0.6) is 0 Å². The lowest BCUT2D eigenvalue weighted by molar-refractivity contribution is -0.136. The molecule has 1 rings (SSSR count). The van der Waals surface area contributed by atoms with Gasteiger partial charge in [0, 0.05) is 22.3 Å². The largest absolute Gasteiger partial charge is 0.481 e. The van der Waals surface area contributed by atoms with E-state index in [0.717, 1.165) is 23.3 Å². The van der Waals surface area contributed by atoms with Gasteiger partial charge in [-0.2, -0.15) is 0 Å². The van der Waals surface area contributed by atoms with Crippen molar-refractivity contribution in [1.29, 1.82) is 0 Å². The quantitative estimate of drug-likeness (QED) is 0.827. The molecule has 0 heterocycles. The van der Waals surface area contributed by atoms with E-state index in [4.69, 9.17) is 5.11 Å². The summed E-state index contributed by atoms with van der Waals surface area (Å²) in [5, 5.41) is 8.65. The topological polar surface area (TPSA) is 54.4 Å². The number of rotatable bonds is 7. The van der Waals surface area contributed by atoms with Crippen molar-refractivity contribution in [3.63, 3.8) is 0 Å². The van der Waals surface area contributed by atoms with Gasteiger partial charge in [0.05, 0.1) is 6.42 Å². The van der Waals surface area contributed by atoms with E-state index >= 15 is 0 Å². The summed E-state index contributed by atoms with van der Waals surface area (Å²) in [6, 6.07) is 7.32. The molecule has 0 spiro atoms. The van der Waals surface area contributed by atoms with Crippen LogP contribution >= 0.6 is 0 Å². The Kier molecular flexibility index (Phi) is 6.05. The Balaban J connectivity index is 2.48. The normalized spacial score (nSPS) is 12.6. The molecule has 0 radical (unpaired) electrons. The molecule has 1 N–H and O–H groups in total. The molecule has 3 nitrogen and oxygen atoms in total. The number of aliphatic carboxylic acids is 1. The van der Waals surface area contributed by atoms with E-state index in [1.54, 1.807) is 12.1 Å². The molecule has 0 saturated carbocycles. The minimum atomic E-state index is -0.830. The zero-order valence-corrected chi connectivity index (χ0v) is 11.7. The van der Waals surface area contributed by atoms with Crippen LogP contribution in [0.3, 0.4) is 0 Å². The predicted molar refractivity (Wildman–Crippen MR) is 74.0 cm³/mol. The summed E-state index contributed by atoms with van der Waals surface area (Å²) < 4.78 is 11.8. The Bertz CT molecular complexity index is 410. The number of carbonyl (C=O) groups is 1. The average Bonchev–Trinajstić information content (AvgIpc) is 2.28. The maximum Gasteiger partial charge on any atom is 0.307 e. The summed E-state index contributed by atoms with van der Waals surface area (Å²) in [4.78, 5) is 10.5. The number of benzene rings is 1. The van der Waals surface area contributed by atoms with Crippen molar-refractivity contribution in [1.82, 2.24) is 0 Å². The molecule has 1 unspecified atom stereocenters. The first-order valence-electron chi connectivity index (χ1n) is 6.12. The van der Waals surface area contributed by atoms with Gasteiger partial charge in [-0.15, -0.1) is 0 Å². The van der Waals surface area contributed by atoms with Gasteiger partial charge < -0.3 is 5.11 Å². The first-order chi connectivity index (χ1) is 8.47. The van der Waals surface area contributed by atoms with Crippen molar-refractivity contribution < 1.29 is 14.1 Å². The van der Waals surface area contributed by atoms with E-state index in [0.29, 0.717) is 11.7 Å². The van der Waals surface area contributed by atoms with Gasteiger partial charge in [-0.25, -0.2) is 0 Å². The second-order valence-corrected chi connectivity index (χ2v) is 6.43. The highest BCUT2D eigenvalue weighted by Gasteiger charge is 2.05. The summed E-state index contributed by atoms with van der Waals surface area (Å²) in [5.41, 5.74) is 1.78. The Labute approximate surface area is 111 Å². The lowest BCUT2D eigenvalue weighted by atomic mass is 10.1. The fourth-order valence-electron chi connectivity index (χ4n) is 1.55. The van der Waals surface area contributed by atoms with Crippen LogP contribution in [0.4, 0.5) is 0 Å². The zero-order valence-electron chi connectivity index (χ0n) is 10.9. The van der Waals surface area contributed by atoms with E-state index in [1.165, 1.54) is 0 Å². The highest BCUT2D eigenvalue weighted by molar-refractivity contribution is 7.84. The Morgan fingerprint density at radius 1 is 1.22 bits per heavy atom. The molecule has 0 fully saturated rings. The van der Waals surface area contributed by atoms with Crippen molar-refractivity contribution in [2.45, 2.75) is 32.4 Å². The van der Waals surface area contributed by atoms with Gasteiger partial charge in [0.1, 0.15) is 0 Å². The van der Waals surface area contributed by atoms with Gasteiger partial charge in [0.2, 0.25) is 0 Å². The van der Waals surface area contributed by atoms with Gasteiger partial charge >= 0.3 is 5.97 Å². The Morgan fingerprint density at radius 3 is 2.28 bits per heavy atom. The summed E-state index contributed by atoms with van der Waals surface area (Å²) in [6.45, 7) is 4.25. The molecule has 0 saturated heterocycles. The van der Waals surface area contributed by atoms with Crippen LogP contribution in [-0.2, 0) is 27.8 Å². The fraction of sp³-hybridized carbons (Fsp3) is 0.500. The van der Waals surface area contributed by atoms with E-state index < -0.39 is 16.8 Å². The molecule has 0 aliphatic heterocycles. The second-order valence-electron chi connectivity index (χ2n) is 4.86. The lowest BCUT2D eigenvalue weighted by Crippen LogP contribution is -2.04. The highest BCUT2D eigenvalue weighted by atomic mass is 32.2. The van der Waals surface area contributed by atoms with Crippen molar-refractivity contribution >= 4 is 16.8 Å². The standard InChI is InChI=1S/C14H20O3S/c1-11(2)7-8-18(17)10-13-5-3-12(4-6-13)9-14(15)16/h3-6,11H,7-10H2,1-2H3,(H,15,16). The Morgan fingerprint density at radius 2 is 1.78 bits per heavy atom. The van der Waals surface area contributed by atoms with Gasteiger partial charge in [-0.1, -0.05) is 38.1 Å². The zero-order chi connectivity index (χ0) is 13.5. The van der Waals surface area contributed by atoms with E-state index in [9.17, 15) is 9.00 Å². The van der Waals surface area contributed by atoms with Crippen LogP contribution < -0.4 is 0 Å². The molecule has 0 bridgehead atoms. The monoisotopic (exact) mass is 268 g/mol. The minimum absolute atomic E-state index is 0.0384. The van der Waals surface area contributed by atoms with Gasteiger partial charge in [-0.05, 0) is 23.5 Å². The summed E-state index contributed by atoms with van der Waals surface area (Å²) in [6.07, 6.45) is 1.01. The van der Waals surface area contributed by atoms with Crippen LogP contribution in [0.1, 0.15) is 31.4 Å². The maximum absolute atomic E-state index is 11.8. The molecule has 18 heavy (non-hydrogen) atoms. The summed E-state index contributed by atoms with van der Waals surface area (Å²) >= 11 is 0. The van der Waals surface area contributed by atoms with Crippen LogP contribution in [-0.4, -0.2) is 21.0 Å². The van der Waals surface area contributed by atoms with Crippen molar-refractivity contribution in [3.05, 3.63) is 35.4 Å². The Hall–Kier alpha value is -1.16. The molecule has 1 atom stereocenters. The molecule has 1 aromatic carbocycles. The molecule has 0 aliphatic rings. The summed E-state index contributed by atoms with van der Waals surface area (Å²) in [7, 11) is -0.825. The van der Waals surface area contributed by atoms with Gasteiger partial charge in [0.15, 0.2) is 0 Å². The second kappa shape index (κ2) is 7.31. The smallest absolute Gasteiger partial charge is 0.307 e. The first-order valence-corrected chi connectivity index (χ1v) is 7.60. The van der Waals surface area contributed by atoms with Crippen LogP contribution in [0.25, 0.3) is 0 Å². The predicted octanol–water partition coefficient (Wildman–Crippen LogP) is 2.61. The molecule has 0 aliphatic carbocycles. The molecule has 0 aromatic heterocycles. The first kappa shape index (κ1) is 14.9. The number of carboxylic acid groups (broad SMARTS) is 1. The van der Waals surface area contributed by atoms with E-state index in [1.807, 2.05) is 12.1 Å². The van der Waals surface area contributed by atoms with Gasteiger partial charge in [-0.3, -0.25) is 9.00 Å². The molecular weight excluding hydrogens is 248 g/mol. The van der Waals surface area contributed by atoms with Crippen LogP contribution in [0.15, 0.2) is 24.3 Å². The third-order valence-corrected chi connectivity index (χ3v) is 3.98. The van der Waals surface area contributed by atoms with Gasteiger partial charge in [0.25, 0.3) is 0 Å².